The SMILES string of the molecule is COc1cccc(F)c1C(C)NC(=O)NC1CCCc2nn(C)cc21. The average Bonchev–Trinajstić information content (AvgIpc) is 2.95. The van der Waals surface area contributed by atoms with Crippen molar-refractivity contribution in [1.82, 2.24) is 20.4 Å². The number of rotatable bonds is 4. The van der Waals surface area contributed by atoms with Crippen LogP contribution in [0.4, 0.5) is 9.18 Å². The fourth-order valence-corrected chi connectivity index (χ4v) is 3.40. The minimum atomic E-state index is -0.520. The van der Waals surface area contributed by atoms with Gasteiger partial charge < -0.3 is 15.4 Å². The van der Waals surface area contributed by atoms with Crippen LogP contribution in [0.3, 0.4) is 0 Å². The highest BCUT2D eigenvalue weighted by molar-refractivity contribution is 5.75. The zero-order chi connectivity index (χ0) is 18.0. The number of fused-ring (bicyclic) bond motifs is 1. The van der Waals surface area contributed by atoms with E-state index in [4.69, 9.17) is 4.74 Å². The number of carbonyl (C=O) groups excluding carboxylic acids is 1. The summed E-state index contributed by atoms with van der Waals surface area (Å²) in [4.78, 5) is 12.4. The lowest BCUT2D eigenvalue weighted by Crippen LogP contribution is -2.40. The summed E-state index contributed by atoms with van der Waals surface area (Å²) in [6, 6.07) is 3.69. The van der Waals surface area contributed by atoms with Crippen LogP contribution in [0, 0.1) is 5.82 Å². The van der Waals surface area contributed by atoms with Crippen molar-refractivity contribution in [3.8, 4) is 5.75 Å². The largest absolute Gasteiger partial charge is 0.496 e. The van der Waals surface area contributed by atoms with E-state index >= 15 is 0 Å². The Bertz CT molecular complexity index is 774. The Kier molecular flexibility index (Phi) is 4.92. The Morgan fingerprint density at radius 2 is 2.28 bits per heavy atom. The third kappa shape index (κ3) is 3.60. The van der Waals surface area contributed by atoms with E-state index in [0.29, 0.717) is 11.3 Å². The minimum Gasteiger partial charge on any atom is -0.496 e. The zero-order valence-corrected chi connectivity index (χ0v) is 14.7. The molecule has 3 rings (SSSR count). The first-order valence-corrected chi connectivity index (χ1v) is 8.41. The summed E-state index contributed by atoms with van der Waals surface area (Å²) >= 11 is 0. The van der Waals surface area contributed by atoms with Gasteiger partial charge in [-0.25, -0.2) is 9.18 Å². The first-order valence-electron chi connectivity index (χ1n) is 8.41. The van der Waals surface area contributed by atoms with Gasteiger partial charge in [-0.3, -0.25) is 4.68 Å². The maximum Gasteiger partial charge on any atom is 0.315 e. The van der Waals surface area contributed by atoms with Crippen molar-refractivity contribution in [1.29, 1.82) is 0 Å². The van der Waals surface area contributed by atoms with Crippen LogP contribution in [0.5, 0.6) is 5.75 Å². The van der Waals surface area contributed by atoms with E-state index < -0.39 is 11.9 Å². The number of halogens is 1. The van der Waals surface area contributed by atoms with Gasteiger partial charge in [0.25, 0.3) is 0 Å². The number of benzene rings is 1. The molecule has 134 valence electrons. The molecule has 0 radical (unpaired) electrons. The van der Waals surface area contributed by atoms with Crippen molar-refractivity contribution in [2.75, 3.05) is 7.11 Å². The Balaban J connectivity index is 1.69. The van der Waals surface area contributed by atoms with Gasteiger partial charge in [-0.05, 0) is 38.3 Å². The molecule has 1 aliphatic rings. The lowest BCUT2D eigenvalue weighted by Gasteiger charge is -2.24. The molecule has 0 saturated carbocycles. The normalized spacial score (nSPS) is 17.5. The van der Waals surface area contributed by atoms with Crippen LogP contribution >= 0.6 is 0 Å². The van der Waals surface area contributed by atoms with Crippen molar-refractivity contribution in [3.63, 3.8) is 0 Å². The number of hydrogen-bond donors (Lipinski definition) is 2. The molecule has 1 aliphatic carbocycles. The van der Waals surface area contributed by atoms with E-state index in [1.165, 1.54) is 13.2 Å². The van der Waals surface area contributed by atoms with Crippen molar-refractivity contribution >= 4 is 6.03 Å². The molecule has 25 heavy (non-hydrogen) atoms. The highest BCUT2D eigenvalue weighted by Crippen LogP contribution is 2.30. The summed E-state index contributed by atoms with van der Waals surface area (Å²) in [6.07, 6.45) is 4.72. The second-order valence-corrected chi connectivity index (χ2v) is 6.34. The Morgan fingerprint density at radius 3 is 3.04 bits per heavy atom. The number of aryl methyl sites for hydroxylation is 2. The third-order valence-corrected chi connectivity index (χ3v) is 4.54. The molecule has 1 heterocycles. The molecule has 0 fully saturated rings. The number of carbonyl (C=O) groups is 1. The van der Waals surface area contributed by atoms with Gasteiger partial charge in [-0.1, -0.05) is 6.07 Å². The number of ether oxygens (including phenoxy) is 1. The second kappa shape index (κ2) is 7.13. The van der Waals surface area contributed by atoms with Crippen LogP contribution < -0.4 is 15.4 Å². The van der Waals surface area contributed by atoms with Crippen LogP contribution in [0.25, 0.3) is 0 Å². The quantitative estimate of drug-likeness (QED) is 0.894. The third-order valence-electron chi connectivity index (χ3n) is 4.54. The van der Waals surface area contributed by atoms with Gasteiger partial charge in [0.2, 0.25) is 0 Å². The van der Waals surface area contributed by atoms with Crippen molar-refractivity contribution in [2.45, 2.75) is 38.3 Å². The van der Waals surface area contributed by atoms with E-state index in [0.717, 1.165) is 30.5 Å². The Labute approximate surface area is 146 Å². The number of amides is 2. The molecule has 7 heteroatoms. The number of hydrogen-bond acceptors (Lipinski definition) is 3. The number of aromatic nitrogens is 2. The molecule has 0 saturated heterocycles. The van der Waals surface area contributed by atoms with Gasteiger partial charge in [0.15, 0.2) is 0 Å². The molecule has 2 atom stereocenters. The number of urea groups is 1. The summed E-state index contributed by atoms with van der Waals surface area (Å²) in [6.45, 7) is 1.73. The molecular formula is C18H23FN4O2. The summed E-state index contributed by atoms with van der Waals surface area (Å²) in [5.74, 6) is 0.0133. The molecule has 0 aliphatic heterocycles. The van der Waals surface area contributed by atoms with Crippen LogP contribution in [-0.2, 0) is 13.5 Å². The number of nitrogens with one attached hydrogen (secondary N) is 2. The predicted molar refractivity (Wildman–Crippen MR) is 91.9 cm³/mol. The molecule has 2 amide bonds. The van der Waals surface area contributed by atoms with Gasteiger partial charge in [0.1, 0.15) is 11.6 Å². The Morgan fingerprint density at radius 1 is 1.48 bits per heavy atom. The summed E-state index contributed by atoms with van der Waals surface area (Å²) in [7, 11) is 3.36. The molecule has 1 aromatic heterocycles. The van der Waals surface area contributed by atoms with Crippen LogP contribution in [0.1, 0.15) is 48.7 Å². The standard InChI is InChI=1S/C18H23FN4O2/c1-11(17-13(19)6-4-9-16(17)25-3)20-18(24)21-14-7-5-8-15-12(14)10-23(2)22-15/h4,6,9-11,14H,5,7-8H2,1-3H3,(H2,20,21,24). The fraction of sp³-hybridized carbons (Fsp3) is 0.444. The molecule has 2 N–H and O–H groups in total. The molecular weight excluding hydrogens is 323 g/mol. The van der Waals surface area contributed by atoms with Crippen molar-refractivity contribution in [2.24, 2.45) is 7.05 Å². The highest BCUT2D eigenvalue weighted by atomic mass is 19.1. The summed E-state index contributed by atoms with van der Waals surface area (Å²) < 4.78 is 21.1. The van der Waals surface area contributed by atoms with Gasteiger partial charge >= 0.3 is 6.03 Å². The van der Waals surface area contributed by atoms with Gasteiger partial charge in [-0.2, -0.15) is 5.10 Å². The van der Waals surface area contributed by atoms with Gasteiger partial charge in [-0.15, -0.1) is 0 Å². The lowest BCUT2D eigenvalue weighted by atomic mass is 9.93. The summed E-state index contributed by atoms with van der Waals surface area (Å²) in [5.41, 5.74) is 2.42. The van der Waals surface area contributed by atoms with Crippen LogP contribution in [-0.4, -0.2) is 22.9 Å². The molecule has 2 aromatic rings. The van der Waals surface area contributed by atoms with Crippen molar-refractivity contribution in [3.05, 3.63) is 47.0 Å². The van der Waals surface area contributed by atoms with E-state index in [2.05, 4.69) is 15.7 Å². The second-order valence-electron chi connectivity index (χ2n) is 6.34. The van der Waals surface area contributed by atoms with Crippen molar-refractivity contribution < 1.29 is 13.9 Å². The van der Waals surface area contributed by atoms with E-state index in [-0.39, 0.29) is 12.1 Å². The highest BCUT2D eigenvalue weighted by Gasteiger charge is 2.25. The topological polar surface area (TPSA) is 68.2 Å². The Hall–Kier alpha value is -2.57. The number of nitrogens with zero attached hydrogens (tertiary/aromatic N) is 2. The molecule has 2 unspecified atom stereocenters. The first kappa shape index (κ1) is 17.3. The predicted octanol–water partition coefficient (Wildman–Crippen LogP) is 3.01. The minimum absolute atomic E-state index is 0.0767. The van der Waals surface area contributed by atoms with E-state index in [1.807, 2.05) is 13.2 Å². The van der Waals surface area contributed by atoms with Crippen LogP contribution in [0.15, 0.2) is 24.4 Å². The molecule has 1 aromatic carbocycles. The fourth-order valence-electron chi connectivity index (χ4n) is 3.40. The zero-order valence-electron chi connectivity index (χ0n) is 14.7. The average molecular weight is 346 g/mol. The van der Waals surface area contributed by atoms with E-state index in [9.17, 15) is 9.18 Å². The maximum atomic E-state index is 14.1. The van der Waals surface area contributed by atoms with Gasteiger partial charge in [0.05, 0.1) is 30.5 Å². The summed E-state index contributed by atoms with van der Waals surface area (Å²) in [5, 5.41) is 10.2. The molecule has 6 nitrogen and oxygen atoms in total. The first-order chi connectivity index (χ1) is 12.0. The van der Waals surface area contributed by atoms with Gasteiger partial charge in [0, 0.05) is 18.8 Å². The smallest absolute Gasteiger partial charge is 0.315 e. The molecule has 0 bridgehead atoms. The number of methoxy groups -OCH3 is 1. The monoisotopic (exact) mass is 346 g/mol. The lowest BCUT2D eigenvalue weighted by molar-refractivity contribution is 0.232. The molecule has 0 spiro atoms. The maximum absolute atomic E-state index is 14.1. The van der Waals surface area contributed by atoms with E-state index in [1.54, 1.807) is 23.7 Å². The van der Waals surface area contributed by atoms with Crippen LogP contribution in [0.2, 0.25) is 0 Å².